The molecule has 1 rings (SSSR count). The summed E-state index contributed by atoms with van der Waals surface area (Å²) in [4.78, 5) is 21.9. The summed E-state index contributed by atoms with van der Waals surface area (Å²) >= 11 is 0. The number of carbonyl (C=O) groups excluding carboxylic acids is 1. The van der Waals surface area contributed by atoms with E-state index in [0.717, 1.165) is 6.08 Å². The molecule has 0 aliphatic rings. The topological polar surface area (TPSA) is 46.5 Å². The minimum absolute atomic E-state index is 0.118. The second kappa shape index (κ2) is 4.28. The molecular formula is C11H9NO2. The molecule has 0 saturated heterocycles. The molecule has 0 heterocycles. The summed E-state index contributed by atoms with van der Waals surface area (Å²) < 4.78 is 0. The number of carbonyl (C=O) groups is 1. The molecule has 0 radical (unpaired) electrons. The van der Waals surface area contributed by atoms with Crippen molar-refractivity contribution in [1.29, 1.82) is 0 Å². The molecule has 1 aromatic carbocycles. The van der Waals surface area contributed by atoms with Gasteiger partial charge in [0.25, 0.3) is 0 Å². The van der Waals surface area contributed by atoms with Crippen LogP contribution in [0.3, 0.4) is 0 Å². The van der Waals surface area contributed by atoms with Crippen LogP contribution in [0.15, 0.2) is 42.6 Å². The zero-order chi connectivity index (χ0) is 10.6. The minimum Gasteiger partial charge on any atom is -0.289 e. The van der Waals surface area contributed by atoms with Crippen LogP contribution in [0, 0.1) is 4.91 Å². The zero-order valence-corrected chi connectivity index (χ0v) is 7.56. The third-order valence-corrected chi connectivity index (χ3v) is 1.83. The van der Waals surface area contributed by atoms with Gasteiger partial charge < -0.3 is 0 Å². The molecule has 0 N–H and O–H groups in total. The van der Waals surface area contributed by atoms with Crippen LogP contribution in [0.5, 0.6) is 0 Å². The van der Waals surface area contributed by atoms with Crippen molar-refractivity contribution in [2.24, 2.45) is 5.18 Å². The number of nitrogens with zero attached hydrogens (tertiary/aromatic N) is 1. The Kier molecular flexibility index (Phi) is 3.07. The first-order chi connectivity index (χ1) is 6.74. The highest BCUT2D eigenvalue weighted by atomic mass is 16.3. The molecule has 1 aromatic rings. The highest BCUT2D eigenvalue weighted by molar-refractivity contribution is 6.08. The van der Waals surface area contributed by atoms with Crippen molar-refractivity contribution >= 4 is 17.5 Å². The van der Waals surface area contributed by atoms with E-state index in [4.69, 9.17) is 0 Å². The third kappa shape index (κ3) is 1.66. The molecule has 70 valence electrons. The maximum atomic E-state index is 11.3. The van der Waals surface area contributed by atoms with E-state index in [-0.39, 0.29) is 17.0 Å². The van der Waals surface area contributed by atoms with Crippen molar-refractivity contribution < 1.29 is 4.79 Å². The zero-order valence-electron chi connectivity index (χ0n) is 7.56. The first-order valence-electron chi connectivity index (χ1n) is 4.00. The van der Waals surface area contributed by atoms with Gasteiger partial charge in [0.15, 0.2) is 5.78 Å². The molecule has 0 aliphatic carbocycles. The number of hydrogen-bond acceptors (Lipinski definition) is 3. The normalized spacial score (nSPS) is 9.14. The minimum atomic E-state index is -0.316. The van der Waals surface area contributed by atoms with Crippen molar-refractivity contribution in [2.45, 2.75) is 0 Å². The molecule has 3 nitrogen and oxygen atoms in total. The Balaban J connectivity index is 3.42. The molecule has 0 aromatic heterocycles. The smallest absolute Gasteiger partial charge is 0.187 e. The van der Waals surface area contributed by atoms with Gasteiger partial charge in [-0.25, -0.2) is 0 Å². The van der Waals surface area contributed by atoms with Crippen molar-refractivity contribution in [2.75, 3.05) is 0 Å². The lowest BCUT2D eigenvalue weighted by molar-refractivity contribution is 0.104. The summed E-state index contributed by atoms with van der Waals surface area (Å²) in [6, 6.07) is 4.87. The first-order valence-corrected chi connectivity index (χ1v) is 4.00. The van der Waals surface area contributed by atoms with E-state index in [9.17, 15) is 9.70 Å². The third-order valence-electron chi connectivity index (χ3n) is 1.83. The van der Waals surface area contributed by atoms with Gasteiger partial charge in [0.05, 0.1) is 5.56 Å². The van der Waals surface area contributed by atoms with Crippen molar-refractivity contribution in [3.05, 3.63) is 53.5 Å². The largest absolute Gasteiger partial charge is 0.289 e. The molecule has 14 heavy (non-hydrogen) atoms. The van der Waals surface area contributed by atoms with Crippen molar-refractivity contribution in [3.8, 4) is 0 Å². The molecule has 0 fully saturated rings. The lowest BCUT2D eigenvalue weighted by Gasteiger charge is -2.02. The number of benzene rings is 1. The lowest BCUT2D eigenvalue weighted by Crippen LogP contribution is -1.94. The molecule has 3 heteroatoms. The molecule has 0 atom stereocenters. The fourth-order valence-electron chi connectivity index (χ4n) is 1.14. The Morgan fingerprint density at radius 2 is 2.07 bits per heavy atom. The summed E-state index contributed by atoms with van der Waals surface area (Å²) in [5.74, 6) is -0.316. The Labute approximate surface area is 81.7 Å². The van der Waals surface area contributed by atoms with Crippen molar-refractivity contribution in [1.82, 2.24) is 0 Å². The summed E-state index contributed by atoms with van der Waals surface area (Å²) in [5.41, 5.74) is 0.924. The molecule has 0 spiro atoms. The fraction of sp³-hybridized carbons (Fsp3) is 0. The van der Waals surface area contributed by atoms with Crippen LogP contribution < -0.4 is 0 Å². The highest BCUT2D eigenvalue weighted by Gasteiger charge is 2.11. The van der Waals surface area contributed by atoms with E-state index in [1.807, 2.05) is 0 Å². The van der Waals surface area contributed by atoms with Crippen molar-refractivity contribution in [3.63, 3.8) is 0 Å². The average molecular weight is 187 g/mol. The number of rotatable bonds is 4. The average Bonchev–Trinajstić information content (AvgIpc) is 2.26. The first kappa shape index (κ1) is 10.1. The van der Waals surface area contributed by atoms with E-state index in [2.05, 4.69) is 18.3 Å². The number of nitroso groups, excluding NO2 is 1. The SMILES string of the molecule is C=CC(=O)c1cccc(C=C)c1N=O. The van der Waals surface area contributed by atoms with Gasteiger partial charge >= 0.3 is 0 Å². The Morgan fingerprint density at radius 3 is 2.57 bits per heavy atom. The molecule has 0 bridgehead atoms. The molecule has 0 aliphatic heterocycles. The molecule has 0 saturated carbocycles. The van der Waals surface area contributed by atoms with Crippen LogP contribution in [0.2, 0.25) is 0 Å². The number of ketones is 1. The van der Waals surface area contributed by atoms with E-state index < -0.39 is 0 Å². The quantitative estimate of drug-likeness (QED) is 0.413. The van der Waals surface area contributed by atoms with Crippen LogP contribution in [0.1, 0.15) is 15.9 Å². The standard InChI is InChI=1S/C11H9NO2/c1-3-8-6-5-7-9(10(13)4-2)11(8)12-14/h3-7H,1-2H2. The maximum Gasteiger partial charge on any atom is 0.187 e. The van der Waals surface area contributed by atoms with Crippen LogP contribution in [0.25, 0.3) is 6.08 Å². The molecular weight excluding hydrogens is 178 g/mol. The monoisotopic (exact) mass is 187 g/mol. The number of allylic oxidation sites excluding steroid dienone is 1. The second-order valence-corrected chi connectivity index (χ2v) is 2.61. The van der Waals surface area contributed by atoms with Gasteiger partial charge in [0.2, 0.25) is 0 Å². The van der Waals surface area contributed by atoms with Crippen LogP contribution in [-0.4, -0.2) is 5.78 Å². The second-order valence-electron chi connectivity index (χ2n) is 2.61. The number of hydrogen-bond donors (Lipinski definition) is 0. The van der Waals surface area contributed by atoms with Gasteiger partial charge in [-0.15, -0.1) is 4.91 Å². The molecule has 0 amide bonds. The van der Waals surface area contributed by atoms with E-state index in [0.29, 0.717) is 5.56 Å². The fourth-order valence-corrected chi connectivity index (χ4v) is 1.14. The van der Waals surface area contributed by atoms with Gasteiger partial charge in [-0.1, -0.05) is 31.4 Å². The van der Waals surface area contributed by atoms with Gasteiger partial charge in [-0.05, 0) is 17.3 Å². The molecule has 0 unspecified atom stereocenters. The van der Waals surface area contributed by atoms with Crippen LogP contribution in [-0.2, 0) is 0 Å². The Bertz CT molecular complexity index is 408. The van der Waals surface area contributed by atoms with E-state index in [1.54, 1.807) is 12.1 Å². The lowest BCUT2D eigenvalue weighted by atomic mass is 10.0. The van der Waals surface area contributed by atoms with Gasteiger partial charge in [-0.3, -0.25) is 4.79 Å². The predicted molar refractivity (Wildman–Crippen MR) is 56.5 cm³/mol. The van der Waals surface area contributed by atoms with E-state index >= 15 is 0 Å². The Hall–Kier alpha value is -2.03. The van der Waals surface area contributed by atoms with Crippen LogP contribution >= 0.6 is 0 Å². The van der Waals surface area contributed by atoms with Crippen LogP contribution in [0.4, 0.5) is 5.69 Å². The van der Waals surface area contributed by atoms with E-state index in [1.165, 1.54) is 12.1 Å². The van der Waals surface area contributed by atoms with Gasteiger partial charge in [-0.2, -0.15) is 0 Å². The van der Waals surface area contributed by atoms with Gasteiger partial charge in [0, 0.05) is 5.56 Å². The highest BCUT2D eigenvalue weighted by Crippen LogP contribution is 2.25. The summed E-state index contributed by atoms with van der Waals surface area (Å²) in [6.07, 6.45) is 2.63. The summed E-state index contributed by atoms with van der Waals surface area (Å²) in [6.45, 7) is 6.88. The predicted octanol–water partition coefficient (Wildman–Crippen LogP) is 3.10. The summed E-state index contributed by atoms with van der Waals surface area (Å²) in [5, 5.41) is 2.82. The maximum absolute atomic E-state index is 11.3. The van der Waals surface area contributed by atoms with Gasteiger partial charge in [0.1, 0.15) is 5.69 Å². The Morgan fingerprint density at radius 1 is 1.36 bits per heavy atom. The summed E-state index contributed by atoms with van der Waals surface area (Å²) in [7, 11) is 0.